The van der Waals surface area contributed by atoms with E-state index in [-0.39, 0.29) is 16.6 Å². The number of carbonyl (C=O) groups is 1. The Hall–Kier alpha value is -0.910. The molecule has 1 fully saturated rings. The number of piperidine rings is 1. The fourth-order valence-electron chi connectivity index (χ4n) is 2.26. The summed E-state index contributed by atoms with van der Waals surface area (Å²) in [5.74, 6) is 0.139. The van der Waals surface area contributed by atoms with Crippen LogP contribution in [-0.2, 0) is 14.8 Å². The fraction of sp³-hybridized carbons (Fsp3) is 0.462. The molecule has 2 rings (SSSR count). The zero-order valence-corrected chi connectivity index (χ0v) is 12.2. The lowest BCUT2D eigenvalue weighted by Gasteiger charge is -2.30. The molecule has 0 aliphatic carbocycles. The Morgan fingerprint density at radius 1 is 1.21 bits per heavy atom. The summed E-state index contributed by atoms with van der Waals surface area (Å²) in [6.07, 6.45) is 1.20. The molecular formula is C13H16ClNO3S. The summed E-state index contributed by atoms with van der Waals surface area (Å²) in [5.41, 5.74) is 0. The van der Waals surface area contributed by atoms with Gasteiger partial charge >= 0.3 is 0 Å². The molecule has 1 aliphatic rings. The number of ketones is 1. The van der Waals surface area contributed by atoms with Crippen molar-refractivity contribution in [3.63, 3.8) is 0 Å². The molecule has 1 saturated heterocycles. The van der Waals surface area contributed by atoms with Gasteiger partial charge in [-0.1, -0.05) is 11.6 Å². The minimum Gasteiger partial charge on any atom is -0.300 e. The number of nitrogens with zero attached hydrogens (tertiary/aromatic N) is 1. The van der Waals surface area contributed by atoms with E-state index in [1.807, 2.05) is 0 Å². The maximum atomic E-state index is 12.4. The van der Waals surface area contributed by atoms with Gasteiger partial charge in [-0.25, -0.2) is 8.42 Å². The van der Waals surface area contributed by atoms with Crippen LogP contribution in [0.2, 0.25) is 5.02 Å². The Bertz CT molecular complexity index is 560. The number of sulfonamides is 1. The van der Waals surface area contributed by atoms with Gasteiger partial charge in [-0.15, -0.1) is 0 Å². The van der Waals surface area contributed by atoms with Crippen molar-refractivity contribution in [3.8, 4) is 0 Å². The Morgan fingerprint density at radius 3 is 2.21 bits per heavy atom. The molecule has 1 aromatic rings. The van der Waals surface area contributed by atoms with E-state index < -0.39 is 10.0 Å². The second-order valence-corrected chi connectivity index (χ2v) is 7.12. The van der Waals surface area contributed by atoms with Crippen molar-refractivity contribution in [1.29, 1.82) is 0 Å². The number of hydrogen-bond donors (Lipinski definition) is 0. The molecule has 0 spiro atoms. The van der Waals surface area contributed by atoms with Crippen LogP contribution >= 0.6 is 11.6 Å². The van der Waals surface area contributed by atoms with Gasteiger partial charge in [0.1, 0.15) is 5.78 Å². The molecular weight excluding hydrogens is 286 g/mol. The lowest BCUT2D eigenvalue weighted by Crippen LogP contribution is -2.39. The van der Waals surface area contributed by atoms with E-state index in [0.717, 1.165) is 0 Å². The van der Waals surface area contributed by atoms with E-state index in [1.165, 1.54) is 16.4 Å². The van der Waals surface area contributed by atoms with Gasteiger partial charge in [0.05, 0.1) is 4.90 Å². The number of benzene rings is 1. The molecule has 1 heterocycles. The largest absolute Gasteiger partial charge is 0.300 e. The summed E-state index contributed by atoms with van der Waals surface area (Å²) in [6.45, 7) is 2.36. The van der Waals surface area contributed by atoms with Crippen LogP contribution in [0.1, 0.15) is 19.8 Å². The van der Waals surface area contributed by atoms with Crippen LogP contribution in [0.4, 0.5) is 0 Å². The molecule has 0 bridgehead atoms. The average Bonchev–Trinajstić information content (AvgIpc) is 2.39. The van der Waals surface area contributed by atoms with Crippen molar-refractivity contribution < 1.29 is 13.2 Å². The van der Waals surface area contributed by atoms with Crippen LogP contribution in [0.5, 0.6) is 0 Å². The van der Waals surface area contributed by atoms with Crippen LogP contribution in [0.15, 0.2) is 29.2 Å². The lowest BCUT2D eigenvalue weighted by molar-refractivity contribution is -0.121. The number of halogens is 1. The molecule has 19 heavy (non-hydrogen) atoms. The first-order valence-corrected chi connectivity index (χ1v) is 7.99. The Balaban J connectivity index is 2.14. The summed E-state index contributed by atoms with van der Waals surface area (Å²) in [7, 11) is -3.46. The molecule has 4 nitrogen and oxygen atoms in total. The van der Waals surface area contributed by atoms with E-state index in [0.29, 0.717) is 31.0 Å². The lowest BCUT2D eigenvalue weighted by atomic mass is 9.95. The standard InChI is InChI=1S/C13H16ClNO3S/c1-10(16)11-6-8-15(9-7-11)19(17,18)13-4-2-12(14)3-5-13/h2-5,11H,6-9H2,1H3. The van der Waals surface area contributed by atoms with Gasteiger partial charge in [-0.2, -0.15) is 4.31 Å². The van der Waals surface area contributed by atoms with Crippen LogP contribution in [0, 0.1) is 5.92 Å². The minimum absolute atomic E-state index is 0.00309. The van der Waals surface area contributed by atoms with E-state index >= 15 is 0 Å². The van der Waals surface area contributed by atoms with Gasteiger partial charge < -0.3 is 0 Å². The Kier molecular flexibility index (Phi) is 4.28. The molecule has 0 radical (unpaired) electrons. The van der Waals surface area contributed by atoms with Gasteiger partial charge in [-0.05, 0) is 44.0 Å². The van der Waals surface area contributed by atoms with Crippen LogP contribution < -0.4 is 0 Å². The summed E-state index contributed by atoms with van der Waals surface area (Å²) in [6, 6.07) is 6.15. The highest BCUT2D eigenvalue weighted by Gasteiger charge is 2.30. The molecule has 0 N–H and O–H groups in total. The predicted octanol–water partition coefficient (Wildman–Crippen LogP) is 2.33. The second-order valence-electron chi connectivity index (χ2n) is 4.74. The number of carbonyl (C=O) groups excluding carboxylic acids is 1. The molecule has 0 atom stereocenters. The number of hydrogen-bond acceptors (Lipinski definition) is 3. The molecule has 1 aromatic carbocycles. The topological polar surface area (TPSA) is 54.5 Å². The number of rotatable bonds is 3. The summed E-state index contributed by atoms with van der Waals surface area (Å²) in [4.78, 5) is 11.5. The quantitative estimate of drug-likeness (QED) is 0.861. The van der Waals surface area contributed by atoms with Crippen molar-refractivity contribution >= 4 is 27.4 Å². The van der Waals surface area contributed by atoms with Gasteiger partial charge in [-0.3, -0.25) is 4.79 Å². The zero-order chi connectivity index (χ0) is 14.0. The van der Waals surface area contributed by atoms with Crippen molar-refractivity contribution in [2.45, 2.75) is 24.7 Å². The minimum atomic E-state index is -3.46. The highest BCUT2D eigenvalue weighted by molar-refractivity contribution is 7.89. The maximum absolute atomic E-state index is 12.4. The molecule has 0 unspecified atom stereocenters. The van der Waals surface area contributed by atoms with Crippen LogP contribution in [0.25, 0.3) is 0 Å². The first kappa shape index (κ1) is 14.5. The van der Waals surface area contributed by atoms with Crippen molar-refractivity contribution in [1.82, 2.24) is 4.31 Å². The fourth-order valence-corrected chi connectivity index (χ4v) is 3.85. The third-order valence-electron chi connectivity index (χ3n) is 3.48. The monoisotopic (exact) mass is 301 g/mol. The van der Waals surface area contributed by atoms with Gasteiger partial charge in [0, 0.05) is 24.0 Å². The van der Waals surface area contributed by atoms with Crippen molar-refractivity contribution in [2.75, 3.05) is 13.1 Å². The van der Waals surface area contributed by atoms with Gasteiger partial charge in [0.15, 0.2) is 0 Å². The van der Waals surface area contributed by atoms with Gasteiger partial charge in [0.2, 0.25) is 10.0 Å². The van der Waals surface area contributed by atoms with Gasteiger partial charge in [0.25, 0.3) is 0 Å². The van der Waals surface area contributed by atoms with Crippen molar-refractivity contribution in [2.24, 2.45) is 5.92 Å². The van der Waals surface area contributed by atoms with E-state index in [1.54, 1.807) is 19.1 Å². The highest BCUT2D eigenvalue weighted by Crippen LogP contribution is 2.24. The smallest absolute Gasteiger partial charge is 0.243 e. The predicted molar refractivity (Wildman–Crippen MR) is 73.6 cm³/mol. The molecule has 104 valence electrons. The molecule has 0 aromatic heterocycles. The van der Waals surface area contributed by atoms with E-state index in [9.17, 15) is 13.2 Å². The Labute approximate surface area is 118 Å². The third kappa shape index (κ3) is 3.16. The summed E-state index contributed by atoms with van der Waals surface area (Å²) >= 11 is 5.76. The molecule has 0 saturated carbocycles. The SMILES string of the molecule is CC(=O)C1CCN(S(=O)(=O)c2ccc(Cl)cc2)CC1. The van der Waals surface area contributed by atoms with E-state index in [2.05, 4.69) is 0 Å². The third-order valence-corrected chi connectivity index (χ3v) is 5.65. The highest BCUT2D eigenvalue weighted by atomic mass is 35.5. The molecule has 6 heteroatoms. The second kappa shape index (κ2) is 5.61. The molecule has 0 amide bonds. The van der Waals surface area contributed by atoms with Crippen molar-refractivity contribution in [3.05, 3.63) is 29.3 Å². The summed E-state index contributed by atoms with van der Waals surface area (Å²) < 4.78 is 26.2. The first-order chi connectivity index (χ1) is 8.91. The Morgan fingerprint density at radius 2 is 1.74 bits per heavy atom. The first-order valence-electron chi connectivity index (χ1n) is 6.17. The zero-order valence-electron chi connectivity index (χ0n) is 10.7. The normalized spacial score (nSPS) is 18.4. The van der Waals surface area contributed by atoms with Crippen LogP contribution in [-0.4, -0.2) is 31.6 Å². The number of Topliss-reactive ketones (excluding diaryl/α,β-unsaturated/α-hetero) is 1. The van der Waals surface area contributed by atoms with E-state index in [4.69, 9.17) is 11.6 Å². The van der Waals surface area contributed by atoms with Crippen LogP contribution in [0.3, 0.4) is 0 Å². The summed E-state index contributed by atoms with van der Waals surface area (Å²) in [5, 5.41) is 0.509. The molecule has 1 aliphatic heterocycles. The average molecular weight is 302 g/mol. The maximum Gasteiger partial charge on any atom is 0.243 e.